The molecule has 1 atom stereocenters. The van der Waals surface area contributed by atoms with E-state index in [4.69, 9.17) is 4.98 Å². The van der Waals surface area contributed by atoms with Gasteiger partial charge in [-0.3, -0.25) is 4.98 Å². The molecule has 0 fully saturated rings. The van der Waals surface area contributed by atoms with Gasteiger partial charge in [0.05, 0.1) is 28.3 Å². The molecule has 4 heteroatoms. The van der Waals surface area contributed by atoms with Gasteiger partial charge in [-0.05, 0) is 71.8 Å². The number of aromatic nitrogens is 3. The van der Waals surface area contributed by atoms with Crippen molar-refractivity contribution in [2.45, 2.75) is 18.9 Å². The van der Waals surface area contributed by atoms with Crippen LogP contribution >= 0.6 is 0 Å². The largest absolute Gasteiger partial charge is 0.387 e. The Morgan fingerprint density at radius 1 is 0.698 bits per heavy atom. The Morgan fingerprint density at radius 3 is 2.28 bits per heavy atom. The van der Waals surface area contributed by atoms with Crippen LogP contribution < -0.4 is 5.32 Å². The monoisotopic (exact) mass is 554 g/mol. The van der Waals surface area contributed by atoms with Gasteiger partial charge in [0.2, 0.25) is 0 Å². The van der Waals surface area contributed by atoms with Crippen LogP contribution in [0.1, 0.15) is 29.2 Å². The van der Waals surface area contributed by atoms with Crippen LogP contribution in [-0.2, 0) is 6.54 Å². The zero-order chi connectivity index (χ0) is 28.6. The zero-order valence-corrected chi connectivity index (χ0v) is 23.7. The van der Waals surface area contributed by atoms with Gasteiger partial charge < -0.3 is 9.88 Å². The number of nitrogens with one attached hydrogen (secondary N) is 1. The van der Waals surface area contributed by atoms with Gasteiger partial charge >= 0.3 is 0 Å². The van der Waals surface area contributed by atoms with Gasteiger partial charge in [0.15, 0.2) is 0 Å². The van der Waals surface area contributed by atoms with Gasteiger partial charge in [0.1, 0.15) is 0 Å². The van der Waals surface area contributed by atoms with E-state index in [9.17, 15) is 0 Å². The van der Waals surface area contributed by atoms with E-state index in [1.807, 2.05) is 30.5 Å². The Hall–Kier alpha value is -5.48. The maximum atomic E-state index is 5.09. The third-order valence-electron chi connectivity index (χ3n) is 8.49. The highest BCUT2D eigenvalue weighted by Gasteiger charge is 2.21. The lowest BCUT2D eigenvalue weighted by Gasteiger charge is -2.21. The van der Waals surface area contributed by atoms with Crippen molar-refractivity contribution < 1.29 is 0 Å². The van der Waals surface area contributed by atoms with Gasteiger partial charge in [-0.15, -0.1) is 0 Å². The fraction of sp³-hybridized carbons (Fsp3) is 0.0769. The molecule has 1 unspecified atom stereocenters. The second-order valence-corrected chi connectivity index (χ2v) is 11.1. The molecule has 1 aliphatic carbocycles. The average molecular weight is 555 g/mol. The highest BCUT2D eigenvalue weighted by Crippen LogP contribution is 2.37. The highest BCUT2D eigenvalue weighted by molar-refractivity contribution is 5.93. The van der Waals surface area contributed by atoms with E-state index in [0.717, 1.165) is 35.6 Å². The first kappa shape index (κ1) is 25.2. The lowest BCUT2D eigenvalue weighted by atomic mass is 9.90. The predicted octanol–water partition coefficient (Wildman–Crippen LogP) is 9.09. The molecule has 0 saturated carbocycles. The summed E-state index contributed by atoms with van der Waals surface area (Å²) >= 11 is 0. The SMILES string of the molecule is C1=Cc2c(c3ccccc3n2C2=CCC(c3cc(-c4ccc(-c5ccccc5)cc4)nc(-c4ccccn4)c3)C=C2)CN1. The summed E-state index contributed by atoms with van der Waals surface area (Å²) in [5, 5.41) is 4.69. The molecule has 1 N–H and O–H groups in total. The smallest absolute Gasteiger partial charge is 0.0896 e. The van der Waals surface area contributed by atoms with Crippen LogP contribution in [0.3, 0.4) is 0 Å². The molecule has 8 rings (SSSR count). The van der Waals surface area contributed by atoms with Crippen molar-refractivity contribution in [2.75, 3.05) is 0 Å². The molecule has 0 saturated heterocycles. The van der Waals surface area contributed by atoms with E-state index in [0.29, 0.717) is 0 Å². The van der Waals surface area contributed by atoms with Crippen molar-refractivity contribution in [3.05, 3.63) is 157 Å². The van der Waals surface area contributed by atoms with Crippen LogP contribution in [0.25, 0.3) is 56.4 Å². The quantitative estimate of drug-likeness (QED) is 0.231. The molecule has 0 amide bonds. The van der Waals surface area contributed by atoms with Crippen molar-refractivity contribution >= 4 is 22.7 Å². The Morgan fingerprint density at radius 2 is 1.47 bits per heavy atom. The maximum Gasteiger partial charge on any atom is 0.0896 e. The molecule has 206 valence electrons. The minimum atomic E-state index is 0.242. The zero-order valence-electron chi connectivity index (χ0n) is 23.7. The lowest BCUT2D eigenvalue weighted by molar-refractivity contribution is 0.839. The summed E-state index contributed by atoms with van der Waals surface area (Å²) in [6.45, 7) is 0.849. The van der Waals surface area contributed by atoms with Gasteiger partial charge in [0, 0.05) is 40.9 Å². The molecule has 2 aliphatic rings. The van der Waals surface area contributed by atoms with Crippen molar-refractivity contribution in [3.63, 3.8) is 0 Å². The number of rotatable bonds is 5. The number of para-hydroxylation sites is 1. The first-order valence-corrected chi connectivity index (χ1v) is 14.8. The molecule has 0 spiro atoms. The number of pyridine rings is 2. The summed E-state index contributed by atoms with van der Waals surface area (Å²) in [5.41, 5.74) is 12.6. The number of hydrogen-bond donors (Lipinski definition) is 1. The summed E-state index contributed by atoms with van der Waals surface area (Å²) in [4.78, 5) is 9.72. The van der Waals surface area contributed by atoms with Crippen LogP contribution in [-0.4, -0.2) is 14.5 Å². The van der Waals surface area contributed by atoms with E-state index >= 15 is 0 Å². The molecule has 43 heavy (non-hydrogen) atoms. The van der Waals surface area contributed by atoms with E-state index in [-0.39, 0.29) is 5.92 Å². The molecule has 4 heterocycles. The topological polar surface area (TPSA) is 42.7 Å². The summed E-state index contributed by atoms with van der Waals surface area (Å²) in [5.74, 6) is 0.242. The van der Waals surface area contributed by atoms with Crippen molar-refractivity contribution in [1.82, 2.24) is 19.9 Å². The number of benzene rings is 3. The van der Waals surface area contributed by atoms with Gasteiger partial charge in [-0.1, -0.05) is 91.0 Å². The molecule has 6 aromatic rings. The summed E-state index contributed by atoms with van der Waals surface area (Å²) < 4.78 is 2.40. The Kier molecular flexibility index (Phi) is 6.30. The van der Waals surface area contributed by atoms with Gasteiger partial charge in [0.25, 0.3) is 0 Å². The number of hydrogen-bond acceptors (Lipinski definition) is 3. The first-order chi connectivity index (χ1) is 21.3. The summed E-state index contributed by atoms with van der Waals surface area (Å²) in [6, 6.07) is 38.4. The molecule has 3 aromatic carbocycles. The van der Waals surface area contributed by atoms with Crippen LogP contribution in [0.15, 0.2) is 140 Å². The minimum Gasteiger partial charge on any atom is -0.387 e. The van der Waals surface area contributed by atoms with Crippen LogP contribution in [0.2, 0.25) is 0 Å². The third kappa shape index (κ3) is 4.67. The van der Waals surface area contributed by atoms with E-state index in [1.54, 1.807) is 0 Å². The molecular formula is C39H30N4. The van der Waals surface area contributed by atoms with Crippen molar-refractivity contribution in [3.8, 4) is 33.8 Å². The third-order valence-corrected chi connectivity index (χ3v) is 8.49. The van der Waals surface area contributed by atoms with E-state index < -0.39 is 0 Å². The minimum absolute atomic E-state index is 0.242. The van der Waals surface area contributed by atoms with Crippen molar-refractivity contribution in [1.29, 1.82) is 0 Å². The van der Waals surface area contributed by atoms with Crippen molar-refractivity contribution in [2.24, 2.45) is 0 Å². The van der Waals surface area contributed by atoms with Crippen LogP contribution in [0, 0.1) is 0 Å². The predicted molar refractivity (Wildman–Crippen MR) is 177 cm³/mol. The molecule has 3 aromatic heterocycles. The summed E-state index contributed by atoms with van der Waals surface area (Å²) in [7, 11) is 0. The number of allylic oxidation sites excluding steroid dienone is 4. The maximum absolute atomic E-state index is 5.09. The highest BCUT2D eigenvalue weighted by atomic mass is 15.0. The van der Waals surface area contributed by atoms with E-state index in [1.165, 1.54) is 44.5 Å². The van der Waals surface area contributed by atoms with Gasteiger partial charge in [-0.25, -0.2) is 4.98 Å². The fourth-order valence-electron chi connectivity index (χ4n) is 6.31. The molecule has 1 aliphatic heterocycles. The van der Waals surface area contributed by atoms with E-state index in [2.05, 4.69) is 130 Å². The Balaban J connectivity index is 1.16. The van der Waals surface area contributed by atoms with Crippen LogP contribution in [0.4, 0.5) is 0 Å². The number of nitrogens with zero attached hydrogens (tertiary/aromatic N) is 3. The normalized spacial score (nSPS) is 15.6. The summed E-state index contributed by atoms with van der Waals surface area (Å²) in [6.07, 6.45) is 14.0. The lowest BCUT2D eigenvalue weighted by Crippen LogP contribution is -2.11. The second kappa shape index (κ2) is 10.7. The molecule has 4 nitrogen and oxygen atoms in total. The average Bonchev–Trinajstić information content (AvgIpc) is 3.43. The Labute approximate surface area is 251 Å². The number of fused-ring (bicyclic) bond motifs is 3. The Bertz CT molecular complexity index is 2030. The fourth-order valence-corrected chi connectivity index (χ4v) is 6.31. The van der Waals surface area contributed by atoms with Crippen LogP contribution in [0.5, 0.6) is 0 Å². The standard InChI is InChI=1S/C39H30N4/c1-2-8-27(9-3-1)28-13-15-30(16-14-28)36-24-31(25-37(42-36)35-11-6-7-22-41-35)29-17-19-32(20-18-29)43-38-12-5-4-10-33(38)34-26-40-23-21-39(34)43/h1-17,19-25,29,40H,18,26H2. The first-order valence-electron chi connectivity index (χ1n) is 14.8. The van der Waals surface area contributed by atoms with Gasteiger partial charge in [-0.2, -0.15) is 0 Å². The molecule has 0 radical (unpaired) electrons. The molecule has 0 bridgehead atoms. The second-order valence-electron chi connectivity index (χ2n) is 11.1. The molecular weight excluding hydrogens is 524 g/mol.